The quantitative estimate of drug-likeness (QED) is 0.521. The van der Waals surface area contributed by atoms with Crippen LogP contribution in [0.1, 0.15) is 19.3 Å². The number of carboxylic acid groups (broad SMARTS) is 1. The Morgan fingerprint density at radius 1 is 1.47 bits per heavy atom. The summed E-state index contributed by atoms with van der Waals surface area (Å²) in [6.45, 7) is 2.30. The molecule has 7 heteroatoms. The topological polar surface area (TPSA) is 102 Å². The van der Waals surface area contributed by atoms with Gasteiger partial charge in [0.1, 0.15) is 6.04 Å². The van der Waals surface area contributed by atoms with Crippen LogP contribution in [0.15, 0.2) is 0 Å². The zero-order valence-corrected chi connectivity index (χ0v) is 11.3. The highest BCUT2D eigenvalue weighted by Crippen LogP contribution is 2.13. The summed E-state index contributed by atoms with van der Waals surface area (Å²) in [5, 5.41) is 22.6. The fraction of sp³-hybridized carbons (Fsp3) is 0.833. The average Bonchev–Trinajstić information content (AvgIpc) is 2.36. The van der Waals surface area contributed by atoms with E-state index in [0.29, 0.717) is 12.5 Å². The first kappa shape index (κ1) is 15.7. The van der Waals surface area contributed by atoms with Gasteiger partial charge in [0.2, 0.25) is 0 Å². The number of likely N-dealkylation sites (tertiary alicyclic amines) is 1. The second-order valence-corrected chi connectivity index (χ2v) is 5.03. The van der Waals surface area contributed by atoms with E-state index in [1.807, 2.05) is 7.05 Å². The molecule has 2 amide bonds. The normalized spacial score (nSPS) is 21.7. The van der Waals surface area contributed by atoms with Crippen molar-refractivity contribution in [2.45, 2.75) is 25.3 Å². The molecule has 0 saturated carbocycles. The number of piperidine rings is 1. The third-order valence-corrected chi connectivity index (χ3v) is 3.29. The molecule has 0 aromatic carbocycles. The lowest BCUT2D eigenvalue weighted by Gasteiger charge is -2.29. The van der Waals surface area contributed by atoms with Crippen molar-refractivity contribution in [3.63, 3.8) is 0 Å². The molecular weight excluding hydrogens is 250 g/mol. The minimum atomic E-state index is -1.14. The van der Waals surface area contributed by atoms with E-state index in [4.69, 9.17) is 10.2 Å². The molecule has 1 aliphatic rings. The summed E-state index contributed by atoms with van der Waals surface area (Å²) in [7, 11) is 2.05. The van der Waals surface area contributed by atoms with E-state index in [0.717, 1.165) is 25.9 Å². The van der Waals surface area contributed by atoms with Crippen molar-refractivity contribution in [3.05, 3.63) is 0 Å². The minimum Gasteiger partial charge on any atom is -0.480 e. The van der Waals surface area contributed by atoms with Crippen molar-refractivity contribution in [3.8, 4) is 0 Å². The van der Waals surface area contributed by atoms with Crippen molar-refractivity contribution in [1.82, 2.24) is 15.5 Å². The molecule has 19 heavy (non-hydrogen) atoms. The number of carbonyl (C=O) groups is 2. The SMILES string of the molecule is CN1CCCC(CNC(=O)N[C@H](CCO)C(=O)O)C1. The Morgan fingerprint density at radius 3 is 2.79 bits per heavy atom. The molecule has 0 spiro atoms. The van der Waals surface area contributed by atoms with E-state index >= 15 is 0 Å². The predicted molar refractivity (Wildman–Crippen MR) is 69.9 cm³/mol. The molecule has 0 aromatic rings. The molecule has 0 aliphatic carbocycles. The summed E-state index contributed by atoms with van der Waals surface area (Å²) in [5.74, 6) is -0.729. The summed E-state index contributed by atoms with van der Waals surface area (Å²) in [5.41, 5.74) is 0. The third kappa shape index (κ3) is 5.89. The van der Waals surface area contributed by atoms with Gasteiger partial charge in [-0.2, -0.15) is 0 Å². The average molecular weight is 273 g/mol. The van der Waals surface area contributed by atoms with Crippen LogP contribution in [0.25, 0.3) is 0 Å². The molecule has 2 atom stereocenters. The zero-order chi connectivity index (χ0) is 14.3. The number of nitrogens with zero attached hydrogens (tertiary/aromatic N) is 1. The first-order valence-corrected chi connectivity index (χ1v) is 6.59. The molecule has 1 saturated heterocycles. The van der Waals surface area contributed by atoms with Crippen LogP contribution in [0, 0.1) is 5.92 Å². The fourth-order valence-electron chi connectivity index (χ4n) is 2.27. The number of hydrogen-bond acceptors (Lipinski definition) is 4. The Labute approximate surface area is 113 Å². The van der Waals surface area contributed by atoms with E-state index in [1.54, 1.807) is 0 Å². The number of aliphatic hydroxyl groups is 1. The Bertz CT molecular complexity index is 311. The molecule has 1 aliphatic heterocycles. The van der Waals surface area contributed by atoms with Gasteiger partial charge in [0, 0.05) is 26.1 Å². The van der Waals surface area contributed by atoms with Crippen LogP contribution in [0.5, 0.6) is 0 Å². The van der Waals surface area contributed by atoms with Crippen LogP contribution >= 0.6 is 0 Å². The summed E-state index contributed by atoms with van der Waals surface area (Å²) >= 11 is 0. The van der Waals surface area contributed by atoms with Crippen molar-refractivity contribution >= 4 is 12.0 Å². The first-order valence-electron chi connectivity index (χ1n) is 6.59. The molecule has 0 radical (unpaired) electrons. The molecule has 4 N–H and O–H groups in total. The van der Waals surface area contributed by atoms with Crippen molar-refractivity contribution in [1.29, 1.82) is 0 Å². The first-order chi connectivity index (χ1) is 9.02. The van der Waals surface area contributed by atoms with Gasteiger partial charge in [-0.05, 0) is 32.4 Å². The maximum absolute atomic E-state index is 11.6. The summed E-state index contributed by atoms with van der Waals surface area (Å²) in [6, 6.07) is -1.53. The highest BCUT2D eigenvalue weighted by atomic mass is 16.4. The summed E-state index contributed by atoms with van der Waals surface area (Å²) < 4.78 is 0. The maximum atomic E-state index is 11.6. The maximum Gasteiger partial charge on any atom is 0.326 e. The molecule has 1 fully saturated rings. The molecule has 0 bridgehead atoms. The predicted octanol–water partition coefficient (Wildman–Crippen LogP) is -0.537. The lowest BCUT2D eigenvalue weighted by Crippen LogP contribution is -2.48. The van der Waals surface area contributed by atoms with Crippen LogP contribution in [-0.4, -0.2) is 66.4 Å². The second-order valence-electron chi connectivity index (χ2n) is 5.03. The van der Waals surface area contributed by atoms with Crippen LogP contribution in [-0.2, 0) is 4.79 Å². The zero-order valence-electron chi connectivity index (χ0n) is 11.3. The molecular formula is C12H23N3O4. The lowest BCUT2D eigenvalue weighted by atomic mass is 9.99. The number of rotatable bonds is 6. The van der Waals surface area contributed by atoms with Gasteiger partial charge in [-0.1, -0.05) is 0 Å². The molecule has 1 rings (SSSR count). The Morgan fingerprint density at radius 2 is 2.21 bits per heavy atom. The van der Waals surface area contributed by atoms with Gasteiger partial charge in [-0.25, -0.2) is 9.59 Å². The van der Waals surface area contributed by atoms with Gasteiger partial charge < -0.3 is 25.7 Å². The van der Waals surface area contributed by atoms with E-state index in [9.17, 15) is 9.59 Å². The number of hydrogen-bond donors (Lipinski definition) is 4. The van der Waals surface area contributed by atoms with Gasteiger partial charge in [-0.15, -0.1) is 0 Å². The number of carbonyl (C=O) groups excluding carboxylic acids is 1. The van der Waals surface area contributed by atoms with Crippen LogP contribution in [0.4, 0.5) is 4.79 Å². The highest BCUT2D eigenvalue weighted by molar-refractivity contribution is 5.82. The van der Waals surface area contributed by atoms with Crippen molar-refractivity contribution in [2.75, 3.05) is 33.3 Å². The number of urea groups is 1. The van der Waals surface area contributed by atoms with Gasteiger partial charge in [-0.3, -0.25) is 0 Å². The monoisotopic (exact) mass is 273 g/mol. The second kappa shape index (κ2) is 7.96. The molecule has 0 aromatic heterocycles. The molecule has 1 unspecified atom stereocenters. The van der Waals surface area contributed by atoms with Gasteiger partial charge >= 0.3 is 12.0 Å². The molecule has 110 valence electrons. The standard InChI is InChI=1S/C12H23N3O4/c1-15-5-2-3-9(8-15)7-13-12(19)14-10(4-6-16)11(17)18/h9-10,16H,2-8H2,1H3,(H,17,18)(H2,13,14,19)/t9?,10-/m1/s1. The fourth-order valence-corrected chi connectivity index (χ4v) is 2.27. The number of nitrogens with one attached hydrogen (secondary N) is 2. The third-order valence-electron chi connectivity index (χ3n) is 3.29. The Kier molecular flexibility index (Phi) is 6.58. The van der Waals surface area contributed by atoms with Gasteiger partial charge in [0.25, 0.3) is 0 Å². The minimum absolute atomic E-state index is 0.00885. The highest BCUT2D eigenvalue weighted by Gasteiger charge is 2.21. The molecule has 7 nitrogen and oxygen atoms in total. The number of aliphatic carboxylic acids is 1. The smallest absolute Gasteiger partial charge is 0.326 e. The van der Waals surface area contributed by atoms with Crippen LogP contribution < -0.4 is 10.6 Å². The van der Waals surface area contributed by atoms with E-state index in [1.165, 1.54) is 0 Å². The number of aliphatic hydroxyl groups excluding tert-OH is 1. The summed E-state index contributed by atoms with van der Waals surface area (Å²) in [6.07, 6.45) is 2.20. The van der Waals surface area contributed by atoms with Crippen LogP contribution in [0.2, 0.25) is 0 Å². The lowest BCUT2D eigenvalue weighted by molar-refractivity contribution is -0.139. The van der Waals surface area contributed by atoms with Crippen LogP contribution in [0.3, 0.4) is 0 Å². The van der Waals surface area contributed by atoms with Crippen molar-refractivity contribution < 1.29 is 19.8 Å². The van der Waals surface area contributed by atoms with E-state index in [2.05, 4.69) is 15.5 Å². The Hall–Kier alpha value is -1.34. The van der Waals surface area contributed by atoms with Gasteiger partial charge in [0.15, 0.2) is 0 Å². The number of amides is 2. The van der Waals surface area contributed by atoms with E-state index in [-0.39, 0.29) is 13.0 Å². The largest absolute Gasteiger partial charge is 0.480 e. The number of carboxylic acids is 1. The van der Waals surface area contributed by atoms with E-state index < -0.39 is 18.0 Å². The Balaban J connectivity index is 2.28. The molecule has 1 heterocycles. The van der Waals surface area contributed by atoms with Gasteiger partial charge in [0.05, 0.1) is 0 Å². The van der Waals surface area contributed by atoms with Crippen molar-refractivity contribution in [2.24, 2.45) is 5.92 Å². The summed E-state index contributed by atoms with van der Waals surface area (Å²) in [4.78, 5) is 24.6.